The van der Waals surface area contributed by atoms with Crippen molar-refractivity contribution < 1.29 is 0 Å². The van der Waals surface area contributed by atoms with E-state index in [2.05, 4.69) is 36.0 Å². The zero-order valence-corrected chi connectivity index (χ0v) is 13.6. The van der Waals surface area contributed by atoms with Crippen LogP contribution in [-0.4, -0.2) is 45.5 Å². The molecule has 3 aliphatic heterocycles. The molecule has 1 saturated carbocycles. The molecule has 1 aliphatic carbocycles. The predicted molar refractivity (Wildman–Crippen MR) is 83.2 cm³/mol. The number of piperazine rings is 1. The molecule has 0 aromatic carbocycles. The molecule has 2 atom stereocenters. The second-order valence-electron chi connectivity index (χ2n) is 7.73. The van der Waals surface area contributed by atoms with Crippen LogP contribution in [-0.2, 0) is 6.54 Å². The van der Waals surface area contributed by atoms with E-state index in [0.29, 0.717) is 5.54 Å². The van der Waals surface area contributed by atoms with E-state index in [1.54, 1.807) is 0 Å². The summed E-state index contributed by atoms with van der Waals surface area (Å²) in [6.07, 6.45) is 4.12. The summed E-state index contributed by atoms with van der Waals surface area (Å²) in [5.41, 5.74) is 1.69. The topological polar surface area (TPSA) is 19.4 Å². The van der Waals surface area contributed by atoms with Crippen molar-refractivity contribution in [2.24, 2.45) is 0 Å². The number of piperidine rings is 1. The van der Waals surface area contributed by atoms with Crippen LogP contribution in [0.1, 0.15) is 56.7 Å². The van der Waals surface area contributed by atoms with Gasteiger partial charge >= 0.3 is 0 Å². The van der Waals surface area contributed by atoms with Crippen LogP contribution >= 0.6 is 11.3 Å². The molecular weight excluding hydrogens is 266 g/mol. The second kappa shape index (κ2) is 4.52. The summed E-state index contributed by atoms with van der Waals surface area (Å²) in [7, 11) is 0. The standard InChI is InChI=1S/C16H25N3S/c1-16(2,3)18-7-12-6-13(8-18)19(12)9-15-17-14(10-20-15)11-4-5-11/h10-13H,4-9H2,1-3H3. The third-order valence-electron chi connectivity index (χ3n) is 5.18. The maximum Gasteiger partial charge on any atom is 0.107 e. The Kier molecular flexibility index (Phi) is 2.99. The molecule has 4 aliphatic rings. The Morgan fingerprint density at radius 3 is 2.55 bits per heavy atom. The Balaban J connectivity index is 1.39. The van der Waals surface area contributed by atoms with Crippen molar-refractivity contribution in [1.82, 2.24) is 14.8 Å². The van der Waals surface area contributed by atoms with E-state index in [1.807, 2.05) is 11.3 Å². The van der Waals surface area contributed by atoms with Gasteiger partial charge in [-0.3, -0.25) is 9.80 Å². The van der Waals surface area contributed by atoms with Crippen molar-refractivity contribution in [3.63, 3.8) is 0 Å². The Labute approximate surface area is 126 Å². The van der Waals surface area contributed by atoms with Gasteiger partial charge in [0, 0.05) is 42.0 Å². The minimum atomic E-state index is 0.323. The lowest BCUT2D eigenvalue weighted by molar-refractivity contribution is -0.0997. The number of rotatable bonds is 3. The highest BCUT2D eigenvalue weighted by Crippen LogP contribution is 2.41. The van der Waals surface area contributed by atoms with E-state index in [-0.39, 0.29) is 0 Å². The quantitative estimate of drug-likeness (QED) is 0.853. The number of fused-ring (bicyclic) bond motifs is 2. The Hall–Kier alpha value is -0.450. The molecule has 4 heterocycles. The van der Waals surface area contributed by atoms with Gasteiger partial charge in [0.15, 0.2) is 0 Å². The van der Waals surface area contributed by atoms with Gasteiger partial charge in [-0.05, 0) is 40.0 Å². The van der Waals surface area contributed by atoms with Crippen molar-refractivity contribution >= 4 is 11.3 Å². The maximum absolute atomic E-state index is 4.85. The number of hydrogen-bond donors (Lipinski definition) is 0. The van der Waals surface area contributed by atoms with E-state index in [9.17, 15) is 0 Å². The van der Waals surface area contributed by atoms with Crippen molar-refractivity contribution in [2.75, 3.05) is 13.1 Å². The summed E-state index contributed by atoms with van der Waals surface area (Å²) in [5, 5.41) is 3.63. The largest absolute Gasteiger partial charge is 0.295 e. The molecule has 20 heavy (non-hydrogen) atoms. The molecule has 3 saturated heterocycles. The molecule has 0 amide bonds. The Morgan fingerprint density at radius 1 is 1.25 bits per heavy atom. The molecule has 3 nitrogen and oxygen atoms in total. The number of aromatic nitrogens is 1. The van der Waals surface area contributed by atoms with Crippen LogP contribution in [0.15, 0.2) is 5.38 Å². The number of hydrogen-bond acceptors (Lipinski definition) is 4. The molecule has 1 aromatic rings. The highest BCUT2D eigenvalue weighted by atomic mass is 32.1. The maximum atomic E-state index is 4.85. The van der Waals surface area contributed by atoms with Crippen LogP contribution in [0.3, 0.4) is 0 Å². The lowest BCUT2D eigenvalue weighted by Crippen LogP contribution is -2.70. The second-order valence-corrected chi connectivity index (χ2v) is 8.67. The fourth-order valence-corrected chi connectivity index (χ4v) is 4.50. The fourth-order valence-electron chi connectivity index (χ4n) is 3.61. The molecule has 4 heteroatoms. The molecule has 1 aromatic heterocycles. The average molecular weight is 291 g/mol. The van der Waals surface area contributed by atoms with Gasteiger partial charge in [0.25, 0.3) is 0 Å². The third-order valence-corrected chi connectivity index (χ3v) is 6.03. The van der Waals surface area contributed by atoms with E-state index >= 15 is 0 Å². The molecular formula is C16H25N3S. The average Bonchev–Trinajstić information content (AvgIpc) is 3.15. The Bertz CT molecular complexity index is 488. The zero-order valence-electron chi connectivity index (χ0n) is 12.8. The summed E-state index contributed by atoms with van der Waals surface area (Å²) >= 11 is 1.87. The molecule has 110 valence electrons. The van der Waals surface area contributed by atoms with Gasteiger partial charge in [0.1, 0.15) is 5.01 Å². The van der Waals surface area contributed by atoms with Crippen LogP contribution < -0.4 is 0 Å². The molecule has 0 spiro atoms. The third kappa shape index (κ3) is 2.32. The van der Waals surface area contributed by atoms with E-state index in [1.165, 1.54) is 43.1 Å². The van der Waals surface area contributed by atoms with Crippen LogP contribution in [0, 0.1) is 0 Å². The summed E-state index contributed by atoms with van der Waals surface area (Å²) in [4.78, 5) is 10.2. The van der Waals surface area contributed by atoms with Crippen molar-refractivity contribution in [1.29, 1.82) is 0 Å². The molecule has 2 bridgehead atoms. The minimum Gasteiger partial charge on any atom is -0.295 e. The van der Waals surface area contributed by atoms with E-state index < -0.39 is 0 Å². The first-order valence-corrected chi connectivity index (χ1v) is 8.84. The highest BCUT2D eigenvalue weighted by Gasteiger charge is 2.46. The Morgan fingerprint density at radius 2 is 1.95 bits per heavy atom. The van der Waals surface area contributed by atoms with Gasteiger partial charge in [0.05, 0.1) is 12.2 Å². The van der Waals surface area contributed by atoms with Crippen LogP contribution in [0.25, 0.3) is 0 Å². The van der Waals surface area contributed by atoms with Crippen LogP contribution in [0.2, 0.25) is 0 Å². The number of nitrogens with zero attached hydrogens (tertiary/aromatic N) is 3. The first-order valence-electron chi connectivity index (χ1n) is 7.96. The van der Waals surface area contributed by atoms with Crippen molar-refractivity contribution in [3.8, 4) is 0 Å². The number of thiazole rings is 1. The monoisotopic (exact) mass is 291 g/mol. The molecule has 4 fully saturated rings. The molecule has 2 unspecified atom stereocenters. The molecule has 0 N–H and O–H groups in total. The van der Waals surface area contributed by atoms with Crippen molar-refractivity contribution in [3.05, 3.63) is 16.1 Å². The van der Waals surface area contributed by atoms with Crippen molar-refractivity contribution in [2.45, 2.75) is 70.1 Å². The summed E-state index contributed by atoms with van der Waals surface area (Å²) in [6.45, 7) is 10.6. The van der Waals surface area contributed by atoms with Gasteiger partial charge in [-0.25, -0.2) is 4.98 Å². The summed E-state index contributed by atoms with van der Waals surface area (Å²) in [5.74, 6) is 0.798. The zero-order chi connectivity index (χ0) is 13.9. The van der Waals surface area contributed by atoms with Gasteiger partial charge in [-0.2, -0.15) is 0 Å². The fraction of sp³-hybridized carbons (Fsp3) is 0.812. The first kappa shape index (κ1) is 13.2. The lowest BCUT2D eigenvalue weighted by atomic mass is 9.85. The molecule has 5 rings (SSSR count). The smallest absolute Gasteiger partial charge is 0.107 e. The van der Waals surface area contributed by atoms with Crippen LogP contribution in [0.4, 0.5) is 0 Å². The van der Waals surface area contributed by atoms with Crippen LogP contribution in [0.5, 0.6) is 0 Å². The van der Waals surface area contributed by atoms with Gasteiger partial charge in [0.2, 0.25) is 0 Å². The van der Waals surface area contributed by atoms with Gasteiger partial charge in [-0.1, -0.05) is 0 Å². The molecule has 0 radical (unpaired) electrons. The predicted octanol–water partition coefficient (Wildman–Crippen LogP) is 3.08. The van der Waals surface area contributed by atoms with E-state index in [4.69, 9.17) is 4.98 Å². The van der Waals surface area contributed by atoms with E-state index in [0.717, 1.165) is 24.5 Å². The van der Waals surface area contributed by atoms with Gasteiger partial charge in [-0.15, -0.1) is 11.3 Å². The summed E-state index contributed by atoms with van der Waals surface area (Å²) in [6, 6.07) is 1.53. The van der Waals surface area contributed by atoms with Gasteiger partial charge < -0.3 is 0 Å². The lowest BCUT2D eigenvalue weighted by Gasteiger charge is -2.59. The summed E-state index contributed by atoms with van der Waals surface area (Å²) < 4.78 is 0. The SMILES string of the molecule is CC(C)(C)N1CC2CC(C1)N2Cc1nc(C2CC2)cs1. The minimum absolute atomic E-state index is 0.323. The normalized spacial score (nSPS) is 31.4. The highest BCUT2D eigenvalue weighted by molar-refractivity contribution is 7.09. The first-order chi connectivity index (χ1) is 9.50.